The van der Waals surface area contributed by atoms with E-state index in [1.54, 1.807) is 11.3 Å². The van der Waals surface area contributed by atoms with Crippen LogP contribution in [0.3, 0.4) is 0 Å². The zero-order valence-corrected chi connectivity index (χ0v) is 16.0. The van der Waals surface area contributed by atoms with E-state index in [1.165, 1.54) is 16.7 Å². The largest absolute Gasteiger partial charge is 0.354 e. The van der Waals surface area contributed by atoms with E-state index in [9.17, 15) is 4.79 Å². The molecule has 1 atom stereocenters. The first-order valence-corrected chi connectivity index (χ1v) is 9.67. The van der Waals surface area contributed by atoms with Crippen LogP contribution < -0.4 is 5.32 Å². The Balaban J connectivity index is 1.56. The molecule has 0 saturated carbocycles. The lowest BCUT2D eigenvalue weighted by Gasteiger charge is -2.24. The number of nitrogens with one attached hydrogen (secondary N) is 1. The van der Waals surface area contributed by atoms with Crippen LogP contribution in [0.25, 0.3) is 11.1 Å². The van der Waals surface area contributed by atoms with Crippen molar-refractivity contribution >= 4 is 17.2 Å². The van der Waals surface area contributed by atoms with Gasteiger partial charge in [-0.05, 0) is 53.2 Å². The molecule has 3 nitrogen and oxygen atoms in total. The Labute approximate surface area is 159 Å². The molecule has 0 aliphatic heterocycles. The van der Waals surface area contributed by atoms with Gasteiger partial charge in [0.15, 0.2) is 0 Å². The Morgan fingerprint density at radius 2 is 1.69 bits per heavy atom. The number of carbonyl (C=O) groups excluding carboxylic acids is 1. The van der Waals surface area contributed by atoms with Crippen molar-refractivity contribution in [1.82, 2.24) is 10.2 Å². The molecule has 0 aliphatic rings. The van der Waals surface area contributed by atoms with Crippen LogP contribution in [0, 0.1) is 0 Å². The molecule has 1 heterocycles. The Bertz CT molecular complexity index is 811. The van der Waals surface area contributed by atoms with Gasteiger partial charge in [0.2, 0.25) is 5.91 Å². The van der Waals surface area contributed by atoms with Crippen molar-refractivity contribution < 1.29 is 4.79 Å². The normalized spacial score (nSPS) is 12.1. The molecule has 1 aromatic heterocycles. The van der Waals surface area contributed by atoms with Crippen molar-refractivity contribution in [2.45, 2.75) is 12.5 Å². The topological polar surface area (TPSA) is 32.3 Å². The summed E-state index contributed by atoms with van der Waals surface area (Å²) in [6, 6.07) is 20.8. The van der Waals surface area contributed by atoms with Gasteiger partial charge in [-0.15, -0.1) is 0 Å². The SMILES string of the molecule is CN(C)[C@H](CNC(=O)Cc1ccc(-c2ccccc2)cc1)c1ccsc1. The van der Waals surface area contributed by atoms with Gasteiger partial charge in [-0.1, -0.05) is 54.6 Å². The van der Waals surface area contributed by atoms with Crippen LogP contribution in [0.5, 0.6) is 0 Å². The van der Waals surface area contributed by atoms with Gasteiger partial charge in [-0.3, -0.25) is 4.79 Å². The zero-order chi connectivity index (χ0) is 18.4. The maximum Gasteiger partial charge on any atom is 0.224 e. The molecular weight excluding hydrogens is 340 g/mol. The maximum absolute atomic E-state index is 12.3. The number of amides is 1. The lowest BCUT2D eigenvalue weighted by Crippen LogP contribution is -2.35. The van der Waals surface area contributed by atoms with Gasteiger partial charge in [0, 0.05) is 6.54 Å². The van der Waals surface area contributed by atoms with E-state index in [4.69, 9.17) is 0 Å². The minimum Gasteiger partial charge on any atom is -0.354 e. The minimum atomic E-state index is 0.0551. The summed E-state index contributed by atoms with van der Waals surface area (Å²) in [5, 5.41) is 7.28. The molecule has 0 saturated heterocycles. The van der Waals surface area contributed by atoms with Crippen LogP contribution in [-0.2, 0) is 11.2 Å². The Morgan fingerprint density at radius 3 is 2.31 bits per heavy atom. The van der Waals surface area contributed by atoms with Crippen LogP contribution in [0.4, 0.5) is 0 Å². The van der Waals surface area contributed by atoms with E-state index >= 15 is 0 Å². The number of nitrogens with zero attached hydrogens (tertiary/aromatic N) is 1. The lowest BCUT2D eigenvalue weighted by molar-refractivity contribution is -0.120. The highest BCUT2D eigenvalue weighted by Crippen LogP contribution is 2.21. The Morgan fingerprint density at radius 1 is 1.00 bits per heavy atom. The maximum atomic E-state index is 12.3. The molecule has 0 spiro atoms. The van der Waals surface area contributed by atoms with Crippen LogP contribution in [0.2, 0.25) is 0 Å². The summed E-state index contributed by atoms with van der Waals surface area (Å²) in [4.78, 5) is 14.5. The standard InChI is InChI=1S/C22H24N2OS/c1-24(2)21(20-12-13-26-16-20)15-23-22(25)14-17-8-10-19(11-9-17)18-6-4-3-5-7-18/h3-13,16,21H,14-15H2,1-2H3,(H,23,25)/t21-/m1/s1. The van der Waals surface area contributed by atoms with Gasteiger partial charge < -0.3 is 10.2 Å². The van der Waals surface area contributed by atoms with Crippen LogP contribution in [-0.4, -0.2) is 31.4 Å². The second kappa shape index (κ2) is 8.79. The molecule has 1 N–H and O–H groups in total. The average molecular weight is 365 g/mol. The van der Waals surface area contributed by atoms with E-state index in [0.29, 0.717) is 13.0 Å². The highest BCUT2D eigenvalue weighted by molar-refractivity contribution is 7.07. The molecule has 0 unspecified atom stereocenters. The third kappa shape index (κ3) is 4.81. The van der Waals surface area contributed by atoms with Crippen LogP contribution in [0.1, 0.15) is 17.2 Å². The molecule has 3 aromatic rings. The van der Waals surface area contributed by atoms with Crippen molar-refractivity contribution in [3.8, 4) is 11.1 Å². The predicted octanol–water partition coefficient (Wildman–Crippen LogP) is 4.38. The van der Waals surface area contributed by atoms with Crippen molar-refractivity contribution in [3.05, 3.63) is 82.6 Å². The Hall–Kier alpha value is -2.43. The number of hydrogen-bond acceptors (Lipinski definition) is 3. The van der Waals surface area contributed by atoms with Gasteiger partial charge >= 0.3 is 0 Å². The van der Waals surface area contributed by atoms with Crippen LogP contribution in [0.15, 0.2) is 71.4 Å². The smallest absolute Gasteiger partial charge is 0.224 e. The molecule has 0 bridgehead atoms. The molecule has 4 heteroatoms. The molecule has 0 fully saturated rings. The summed E-state index contributed by atoms with van der Waals surface area (Å²) < 4.78 is 0. The molecular formula is C22H24N2OS. The van der Waals surface area contributed by atoms with Crippen molar-refractivity contribution in [1.29, 1.82) is 0 Å². The highest BCUT2D eigenvalue weighted by atomic mass is 32.1. The summed E-state index contributed by atoms with van der Waals surface area (Å²) in [6.07, 6.45) is 0.402. The van der Waals surface area contributed by atoms with Gasteiger partial charge in [-0.2, -0.15) is 11.3 Å². The van der Waals surface area contributed by atoms with Crippen LogP contribution >= 0.6 is 11.3 Å². The fourth-order valence-electron chi connectivity index (χ4n) is 2.97. The number of likely N-dealkylation sites (N-methyl/N-ethyl adjacent to an activating group) is 1. The fraction of sp³-hybridized carbons (Fsp3) is 0.227. The highest BCUT2D eigenvalue weighted by Gasteiger charge is 2.15. The second-order valence-electron chi connectivity index (χ2n) is 6.58. The zero-order valence-electron chi connectivity index (χ0n) is 15.2. The van der Waals surface area contributed by atoms with E-state index in [1.807, 2.05) is 44.4 Å². The molecule has 26 heavy (non-hydrogen) atoms. The number of carbonyl (C=O) groups is 1. The monoisotopic (exact) mass is 364 g/mol. The van der Waals surface area contributed by atoms with E-state index in [-0.39, 0.29) is 11.9 Å². The summed E-state index contributed by atoms with van der Waals surface area (Å²) in [5.41, 5.74) is 4.62. The van der Waals surface area contributed by atoms with Gasteiger partial charge in [0.05, 0.1) is 12.5 Å². The van der Waals surface area contributed by atoms with Crippen molar-refractivity contribution in [2.75, 3.05) is 20.6 Å². The van der Waals surface area contributed by atoms with Gasteiger partial charge in [-0.25, -0.2) is 0 Å². The number of rotatable bonds is 7. The minimum absolute atomic E-state index is 0.0551. The number of thiophene rings is 1. The third-order valence-electron chi connectivity index (χ3n) is 4.47. The number of hydrogen-bond donors (Lipinski definition) is 1. The van der Waals surface area contributed by atoms with E-state index in [2.05, 4.69) is 51.3 Å². The predicted molar refractivity (Wildman–Crippen MR) is 109 cm³/mol. The third-order valence-corrected chi connectivity index (χ3v) is 5.17. The molecule has 2 aromatic carbocycles. The first-order chi connectivity index (χ1) is 12.6. The molecule has 0 radical (unpaired) electrons. The quantitative estimate of drug-likeness (QED) is 0.675. The summed E-state index contributed by atoms with van der Waals surface area (Å²) in [7, 11) is 4.08. The molecule has 1 amide bonds. The van der Waals surface area contributed by atoms with Crippen molar-refractivity contribution in [2.24, 2.45) is 0 Å². The molecule has 3 rings (SSSR count). The summed E-state index contributed by atoms with van der Waals surface area (Å²) in [6.45, 7) is 0.616. The molecule has 0 aliphatic carbocycles. The first kappa shape index (κ1) is 18.4. The fourth-order valence-corrected chi connectivity index (χ4v) is 3.67. The van der Waals surface area contributed by atoms with Gasteiger partial charge in [0.25, 0.3) is 0 Å². The second-order valence-corrected chi connectivity index (χ2v) is 7.36. The average Bonchev–Trinajstić information content (AvgIpc) is 3.17. The summed E-state index contributed by atoms with van der Waals surface area (Å²) in [5.74, 6) is 0.0551. The van der Waals surface area contributed by atoms with Gasteiger partial charge in [0.1, 0.15) is 0 Å². The lowest BCUT2D eigenvalue weighted by atomic mass is 10.0. The molecule has 134 valence electrons. The van der Waals surface area contributed by atoms with E-state index < -0.39 is 0 Å². The van der Waals surface area contributed by atoms with E-state index in [0.717, 1.165) is 5.56 Å². The summed E-state index contributed by atoms with van der Waals surface area (Å²) >= 11 is 1.68. The Kier molecular flexibility index (Phi) is 6.21. The van der Waals surface area contributed by atoms with Crippen molar-refractivity contribution in [3.63, 3.8) is 0 Å². The first-order valence-electron chi connectivity index (χ1n) is 8.73. The number of benzene rings is 2.